The molecule has 0 saturated carbocycles. The Kier molecular flexibility index (Phi) is 5.10. The van der Waals surface area contributed by atoms with Crippen molar-refractivity contribution in [2.24, 2.45) is 11.5 Å². The highest BCUT2D eigenvalue weighted by molar-refractivity contribution is 5.63. The number of nitrogens with one attached hydrogen (secondary N) is 1. The summed E-state index contributed by atoms with van der Waals surface area (Å²) in [4.78, 5) is 0. The van der Waals surface area contributed by atoms with Crippen LogP contribution in [-0.4, -0.2) is 19.1 Å². The van der Waals surface area contributed by atoms with Crippen LogP contribution in [0.3, 0.4) is 0 Å². The first kappa shape index (κ1) is 13.7. The van der Waals surface area contributed by atoms with E-state index in [1.165, 1.54) is 16.7 Å². The monoisotopic (exact) mass is 255 g/mol. The standard InChI is InChI=1S/C16H21N3/c17-10-16(18)12-19-11-13-6-8-15(9-7-13)14-4-2-1-3-5-14/h1-9,16,19H,10-12,17-18H2. The lowest BCUT2D eigenvalue weighted by Gasteiger charge is -2.10. The van der Waals surface area contributed by atoms with E-state index >= 15 is 0 Å². The van der Waals surface area contributed by atoms with Crippen molar-refractivity contribution in [3.63, 3.8) is 0 Å². The van der Waals surface area contributed by atoms with E-state index in [0.29, 0.717) is 6.54 Å². The Morgan fingerprint density at radius 3 is 2.16 bits per heavy atom. The molecule has 0 heterocycles. The van der Waals surface area contributed by atoms with Crippen molar-refractivity contribution in [1.82, 2.24) is 5.32 Å². The van der Waals surface area contributed by atoms with Crippen LogP contribution < -0.4 is 16.8 Å². The second-order valence-electron chi connectivity index (χ2n) is 4.69. The molecule has 2 aromatic rings. The minimum atomic E-state index is 0.0311. The van der Waals surface area contributed by atoms with Crippen LogP contribution >= 0.6 is 0 Å². The molecule has 0 aliphatic heterocycles. The zero-order valence-corrected chi connectivity index (χ0v) is 11.0. The molecule has 1 atom stereocenters. The molecule has 1 unspecified atom stereocenters. The summed E-state index contributed by atoms with van der Waals surface area (Å²) in [7, 11) is 0. The Balaban J connectivity index is 1.92. The lowest BCUT2D eigenvalue weighted by Crippen LogP contribution is -2.39. The second kappa shape index (κ2) is 7.04. The summed E-state index contributed by atoms with van der Waals surface area (Å²) in [5.74, 6) is 0. The van der Waals surface area contributed by atoms with Gasteiger partial charge < -0.3 is 16.8 Å². The molecule has 0 fully saturated rings. The van der Waals surface area contributed by atoms with Crippen molar-refractivity contribution in [2.45, 2.75) is 12.6 Å². The summed E-state index contributed by atoms with van der Waals surface area (Å²) in [5.41, 5.74) is 15.0. The lowest BCUT2D eigenvalue weighted by atomic mass is 10.0. The van der Waals surface area contributed by atoms with E-state index in [4.69, 9.17) is 11.5 Å². The predicted molar refractivity (Wildman–Crippen MR) is 80.6 cm³/mol. The van der Waals surface area contributed by atoms with Gasteiger partial charge in [-0.1, -0.05) is 54.6 Å². The molecule has 0 amide bonds. The highest BCUT2D eigenvalue weighted by Crippen LogP contribution is 2.19. The van der Waals surface area contributed by atoms with Gasteiger partial charge in [0, 0.05) is 25.7 Å². The van der Waals surface area contributed by atoms with Crippen LogP contribution in [0.1, 0.15) is 5.56 Å². The van der Waals surface area contributed by atoms with Gasteiger partial charge in [-0.3, -0.25) is 0 Å². The Labute approximate surface area is 114 Å². The van der Waals surface area contributed by atoms with Crippen LogP contribution in [0.15, 0.2) is 54.6 Å². The maximum atomic E-state index is 5.75. The van der Waals surface area contributed by atoms with Gasteiger partial charge in [0.25, 0.3) is 0 Å². The lowest BCUT2D eigenvalue weighted by molar-refractivity contribution is 0.582. The van der Waals surface area contributed by atoms with Crippen molar-refractivity contribution in [1.29, 1.82) is 0 Å². The molecular formula is C16H21N3. The first-order valence-electron chi connectivity index (χ1n) is 6.60. The summed E-state index contributed by atoms with van der Waals surface area (Å²) in [6.07, 6.45) is 0. The van der Waals surface area contributed by atoms with E-state index in [1.54, 1.807) is 0 Å². The van der Waals surface area contributed by atoms with Crippen LogP contribution in [0.5, 0.6) is 0 Å². The third kappa shape index (κ3) is 4.17. The molecule has 0 aliphatic rings. The van der Waals surface area contributed by atoms with E-state index in [1.807, 2.05) is 6.07 Å². The van der Waals surface area contributed by atoms with Crippen LogP contribution in [0.25, 0.3) is 11.1 Å². The molecule has 19 heavy (non-hydrogen) atoms. The third-order valence-corrected chi connectivity index (χ3v) is 3.10. The van der Waals surface area contributed by atoms with Crippen LogP contribution in [0.4, 0.5) is 0 Å². The van der Waals surface area contributed by atoms with Crippen LogP contribution in [0, 0.1) is 0 Å². The number of nitrogens with two attached hydrogens (primary N) is 2. The summed E-state index contributed by atoms with van der Waals surface area (Å²) in [6.45, 7) is 2.08. The van der Waals surface area contributed by atoms with E-state index in [-0.39, 0.29) is 6.04 Å². The SMILES string of the molecule is NCC(N)CNCc1ccc(-c2ccccc2)cc1. The number of hydrogen-bond donors (Lipinski definition) is 3. The highest BCUT2D eigenvalue weighted by Gasteiger charge is 2.00. The molecule has 5 N–H and O–H groups in total. The third-order valence-electron chi connectivity index (χ3n) is 3.10. The summed E-state index contributed by atoms with van der Waals surface area (Å²) in [5, 5.41) is 3.31. The molecular weight excluding hydrogens is 234 g/mol. The zero-order chi connectivity index (χ0) is 13.5. The van der Waals surface area contributed by atoms with Crippen LogP contribution in [0.2, 0.25) is 0 Å². The van der Waals surface area contributed by atoms with Crippen molar-refractivity contribution in [3.8, 4) is 11.1 Å². The van der Waals surface area contributed by atoms with Gasteiger partial charge in [0.2, 0.25) is 0 Å². The average molecular weight is 255 g/mol. The topological polar surface area (TPSA) is 64.1 Å². The fourth-order valence-electron chi connectivity index (χ4n) is 1.93. The fraction of sp³-hybridized carbons (Fsp3) is 0.250. The summed E-state index contributed by atoms with van der Waals surface area (Å²) >= 11 is 0. The van der Waals surface area contributed by atoms with Gasteiger partial charge in [-0.05, 0) is 16.7 Å². The van der Waals surface area contributed by atoms with Gasteiger partial charge in [-0.15, -0.1) is 0 Å². The molecule has 2 rings (SSSR count). The number of benzene rings is 2. The first-order chi connectivity index (χ1) is 9.29. The van der Waals surface area contributed by atoms with Crippen molar-refractivity contribution >= 4 is 0 Å². The van der Waals surface area contributed by atoms with Gasteiger partial charge in [0.15, 0.2) is 0 Å². The zero-order valence-electron chi connectivity index (χ0n) is 11.0. The van der Waals surface area contributed by atoms with E-state index < -0.39 is 0 Å². The van der Waals surface area contributed by atoms with Gasteiger partial charge in [-0.25, -0.2) is 0 Å². The Morgan fingerprint density at radius 1 is 0.895 bits per heavy atom. The fourth-order valence-corrected chi connectivity index (χ4v) is 1.93. The average Bonchev–Trinajstić information content (AvgIpc) is 2.48. The van der Waals surface area contributed by atoms with Gasteiger partial charge >= 0.3 is 0 Å². The number of hydrogen-bond acceptors (Lipinski definition) is 3. The summed E-state index contributed by atoms with van der Waals surface area (Å²) in [6, 6.07) is 19.0. The molecule has 0 bridgehead atoms. The van der Waals surface area contributed by atoms with Crippen molar-refractivity contribution in [3.05, 3.63) is 60.2 Å². The first-order valence-corrected chi connectivity index (χ1v) is 6.60. The molecule has 0 aromatic heterocycles. The molecule has 0 aliphatic carbocycles. The predicted octanol–water partition coefficient (Wildman–Crippen LogP) is 1.73. The van der Waals surface area contributed by atoms with Gasteiger partial charge in [0.05, 0.1) is 0 Å². The number of rotatable bonds is 6. The van der Waals surface area contributed by atoms with E-state index in [2.05, 4.69) is 53.8 Å². The van der Waals surface area contributed by atoms with Gasteiger partial charge in [-0.2, -0.15) is 0 Å². The maximum absolute atomic E-state index is 5.75. The molecule has 0 saturated heterocycles. The Morgan fingerprint density at radius 2 is 1.53 bits per heavy atom. The minimum Gasteiger partial charge on any atom is -0.329 e. The van der Waals surface area contributed by atoms with Crippen LogP contribution in [-0.2, 0) is 6.54 Å². The molecule has 100 valence electrons. The van der Waals surface area contributed by atoms with E-state index in [9.17, 15) is 0 Å². The molecule has 2 aromatic carbocycles. The molecule has 3 heteroatoms. The molecule has 0 radical (unpaired) electrons. The summed E-state index contributed by atoms with van der Waals surface area (Å²) < 4.78 is 0. The van der Waals surface area contributed by atoms with E-state index in [0.717, 1.165) is 13.1 Å². The smallest absolute Gasteiger partial charge is 0.0290 e. The maximum Gasteiger partial charge on any atom is 0.0290 e. The molecule has 3 nitrogen and oxygen atoms in total. The van der Waals surface area contributed by atoms with Gasteiger partial charge in [0.1, 0.15) is 0 Å². The largest absolute Gasteiger partial charge is 0.329 e. The van der Waals surface area contributed by atoms with Crippen molar-refractivity contribution in [2.75, 3.05) is 13.1 Å². The Hall–Kier alpha value is -1.68. The van der Waals surface area contributed by atoms with Crippen molar-refractivity contribution < 1.29 is 0 Å². The quantitative estimate of drug-likeness (QED) is 0.736. The second-order valence-corrected chi connectivity index (χ2v) is 4.69. The molecule has 0 spiro atoms. The highest BCUT2D eigenvalue weighted by atomic mass is 14.9. The Bertz CT molecular complexity index is 479. The normalized spacial score (nSPS) is 12.3. The minimum absolute atomic E-state index is 0.0311.